The van der Waals surface area contributed by atoms with Gasteiger partial charge in [0.05, 0.1) is 12.8 Å². The number of rotatable bonds is 4. The number of nitrogens with zero attached hydrogens (tertiary/aromatic N) is 3. The van der Waals surface area contributed by atoms with Gasteiger partial charge in [0.25, 0.3) is 0 Å². The number of hydrogen-bond acceptors (Lipinski definition) is 5. The summed E-state index contributed by atoms with van der Waals surface area (Å²) in [5, 5.41) is 0. The van der Waals surface area contributed by atoms with E-state index in [1.165, 1.54) is 19.2 Å². The molecule has 2 heterocycles. The fourth-order valence-corrected chi connectivity index (χ4v) is 2.81. The molecule has 0 aromatic heterocycles. The van der Waals surface area contributed by atoms with Crippen molar-refractivity contribution in [1.82, 2.24) is 9.80 Å². The Morgan fingerprint density at radius 1 is 1.04 bits per heavy atom. The van der Waals surface area contributed by atoms with Crippen molar-refractivity contribution in [2.45, 2.75) is 12.8 Å². The third-order valence-electron chi connectivity index (χ3n) is 4.14. The molecule has 8 nitrogen and oxygen atoms in total. The number of urea groups is 1. The zero-order chi connectivity index (χ0) is 17.3. The molecule has 0 atom stereocenters. The molecule has 0 saturated carbocycles. The minimum Gasteiger partial charge on any atom is -0.497 e. The molecule has 0 unspecified atom stereocenters. The minimum atomic E-state index is -0.983. The summed E-state index contributed by atoms with van der Waals surface area (Å²) in [6.07, 6.45) is 1.81. The first-order chi connectivity index (χ1) is 11.5. The lowest BCUT2D eigenvalue weighted by Gasteiger charge is -2.19. The maximum atomic E-state index is 12.4. The van der Waals surface area contributed by atoms with E-state index in [1.807, 2.05) is 0 Å². The summed E-state index contributed by atoms with van der Waals surface area (Å²) >= 11 is 0. The van der Waals surface area contributed by atoms with Crippen molar-refractivity contribution in [3.63, 3.8) is 0 Å². The summed E-state index contributed by atoms with van der Waals surface area (Å²) < 4.78 is 5.02. The monoisotopic (exact) mass is 331 g/mol. The smallest absolute Gasteiger partial charge is 0.339 e. The van der Waals surface area contributed by atoms with Crippen molar-refractivity contribution in [2.24, 2.45) is 0 Å². The molecular formula is C16H17N3O5. The van der Waals surface area contributed by atoms with Crippen molar-refractivity contribution < 1.29 is 23.9 Å². The van der Waals surface area contributed by atoms with Crippen LogP contribution >= 0.6 is 0 Å². The van der Waals surface area contributed by atoms with Gasteiger partial charge in [0.15, 0.2) is 0 Å². The van der Waals surface area contributed by atoms with Crippen LogP contribution in [0.1, 0.15) is 12.8 Å². The summed E-state index contributed by atoms with van der Waals surface area (Å²) in [5.41, 5.74) is 0.260. The molecule has 1 aromatic carbocycles. The molecule has 0 radical (unpaired) electrons. The van der Waals surface area contributed by atoms with Crippen LogP contribution in [0.5, 0.6) is 5.75 Å². The fourth-order valence-electron chi connectivity index (χ4n) is 2.81. The van der Waals surface area contributed by atoms with Crippen molar-refractivity contribution in [2.75, 3.05) is 31.6 Å². The van der Waals surface area contributed by atoms with Gasteiger partial charge in [0.2, 0.25) is 5.91 Å². The summed E-state index contributed by atoms with van der Waals surface area (Å²) in [5.74, 6) is -1.70. The van der Waals surface area contributed by atoms with E-state index in [0.717, 1.165) is 17.7 Å². The first-order valence-corrected chi connectivity index (χ1v) is 7.64. The van der Waals surface area contributed by atoms with Crippen LogP contribution < -0.4 is 9.64 Å². The second-order valence-corrected chi connectivity index (χ2v) is 5.60. The van der Waals surface area contributed by atoms with Gasteiger partial charge in [-0.3, -0.25) is 14.4 Å². The second kappa shape index (κ2) is 6.31. The van der Waals surface area contributed by atoms with Gasteiger partial charge in [-0.2, -0.15) is 0 Å². The van der Waals surface area contributed by atoms with Gasteiger partial charge in [0, 0.05) is 13.1 Å². The number of carbonyl (C=O) groups excluding carboxylic acids is 4. The highest BCUT2D eigenvalue weighted by Gasteiger charge is 2.46. The van der Waals surface area contributed by atoms with Gasteiger partial charge in [-0.05, 0) is 37.1 Å². The Balaban J connectivity index is 1.78. The van der Waals surface area contributed by atoms with E-state index in [1.54, 1.807) is 17.0 Å². The van der Waals surface area contributed by atoms with Crippen molar-refractivity contribution in [3.8, 4) is 5.75 Å². The zero-order valence-corrected chi connectivity index (χ0v) is 13.2. The lowest BCUT2D eigenvalue weighted by atomic mass is 10.3. The molecule has 3 rings (SSSR count). The third-order valence-corrected chi connectivity index (χ3v) is 4.14. The fraction of sp³-hybridized carbons (Fsp3) is 0.375. The highest BCUT2D eigenvalue weighted by molar-refractivity contribution is 6.53. The predicted molar refractivity (Wildman–Crippen MR) is 83.4 cm³/mol. The summed E-state index contributed by atoms with van der Waals surface area (Å²) in [6.45, 7) is 0.826. The molecule has 2 aliphatic rings. The first kappa shape index (κ1) is 16.0. The maximum Gasteiger partial charge on any atom is 0.339 e. The maximum absolute atomic E-state index is 12.4. The van der Waals surface area contributed by atoms with E-state index in [4.69, 9.17) is 4.74 Å². The Morgan fingerprint density at radius 2 is 1.67 bits per heavy atom. The normalized spacial score (nSPS) is 17.9. The molecule has 0 spiro atoms. The van der Waals surface area contributed by atoms with Crippen LogP contribution in [0.2, 0.25) is 0 Å². The number of benzene rings is 1. The van der Waals surface area contributed by atoms with Crippen LogP contribution in [0, 0.1) is 0 Å². The Labute approximate surface area is 138 Å². The van der Waals surface area contributed by atoms with Crippen LogP contribution in [0.25, 0.3) is 0 Å². The van der Waals surface area contributed by atoms with Crippen molar-refractivity contribution >= 4 is 29.4 Å². The van der Waals surface area contributed by atoms with E-state index in [-0.39, 0.29) is 11.6 Å². The Bertz CT molecular complexity index is 694. The molecule has 2 saturated heterocycles. The number of anilines is 1. The summed E-state index contributed by atoms with van der Waals surface area (Å²) in [4.78, 5) is 51.9. The summed E-state index contributed by atoms with van der Waals surface area (Å²) in [7, 11) is 1.50. The van der Waals surface area contributed by atoms with Crippen molar-refractivity contribution in [3.05, 3.63) is 24.3 Å². The number of imide groups is 2. The average Bonchev–Trinajstić information content (AvgIpc) is 3.19. The minimum absolute atomic E-state index is 0.260. The Kier molecular flexibility index (Phi) is 4.20. The van der Waals surface area contributed by atoms with Crippen LogP contribution in [-0.2, 0) is 14.4 Å². The average molecular weight is 331 g/mol. The van der Waals surface area contributed by atoms with Crippen LogP contribution in [0.15, 0.2) is 24.3 Å². The standard InChI is InChI=1S/C16H17N3O5/c1-24-12-6-4-11(5-7-12)19-15(22)14(21)18(16(19)23)10-13(20)17-8-2-3-9-17/h4-7H,2-3,8-10H2,1H3. The van der Waals surface area contributed by atoms with Gasteiger partial charge in [-0.25, -0.2) is 14.6 Å². The van der Waals surface area contributed by atoms with Gasteiger partial charge < -0.3 is 9.64 Å². The van der Waals surface area contributed by atoms with Gasteiger partial charge in [-0.15, -0.1) is 0 Å². The van der Waals surface area contributed by atoms with E-state index in [9.17, 15) is 19.2 Å². The van der Waals surface area contributed by atoms with Crippen LogP contribution in [0.3, 0.4) is 0 Å². The molecule has 5 amide bonds. The highest BCUT2D eigenvalue weighted by atomic mass is 16.5. The molecule has 24 heavy (non-hydrogen) atoms. The number of likely N-dealkylation sites (tertiary alicyclic amines) is 1. The predicted octanol–water partition coefficient (Wildman–Crippen LogP) is 0.613. The van der Waals surface area contributed by atoms with E-state index in [2.05, 4.69) is 0 Å². The quantitative estimate of drug-likeness (QED) is 0.596. The molecule has 2 fully saturated rings. The molecular weight excluding hydrogens is 314 g/mol. The van der Waals surface area contributed by atoms with Crippen LogP contribution in [0.4, 0.5) is 10.5 Å². The van der Waals surface area contributed by atoms with Gasteiger partial charge >= 0.3 is 17.8 Å². The number of methoxy groups -OCH3 is 1. The largest absolute Gasteiger partial charge is 0.497 e. The first-order valence-electron chi connectivity index (χ1n) is 7.64. The van der Waals surface area contributed by atoms with Crippen molar-refractivity contribution in [1.29, 1.82) is 0 Å². The van der Waals surface area contributed by atoms with E-state index in [0.29, 0.717) is 23.7 Å². The Morgan fingerprint density at radius 3 is 2.25 bits per heavy atom. The molecule has 0 aliphatic carbocycles. The number of carbonyl (C=O) groups is 4. The SMILES string of the molecule is COc1ccc(N2C(=O)C(=O)N(CC(=O)N3CCCC3)C2=O)cc1. The van der Waals surface area contributed by atoms with Crippen LogP contribution in [-0.4, -0.2) is 60.3 Å². The van der Waals surface area contributed by atoms with Gasteiger partial charge in [0.1, 0.15) is 12.3 Å². The lowest BCUT2D eigenvalue weighted by molar-refractivity contribution is -0.142. The molecule has 8 heteroatoms. The molecule has 0 bridgehead atoms. The highest BCUT2D eigenvalue weighted by Crippen LogP contribution is 2.24. The lowest BCUT2D eigenvalue weighted by Crippen LogP contribution is -2.42. The summed E-state index contributed by atoms with van der Waals surface area (Å²) in [6, 6.07) is 5.38. The third kappa shape index (κ3) is 2.70. The Hall–Kier alpha value is -2.90. The van der Waals surface area contributed by atoms with E-state index < -0.39 is 24.4 Å². The molecule has 1 aromatic rings. The molecule has 126 valence electrons. The van der Waals surface area contributed by atoms with E-state index >= 15 is 0 Å². The number of hydrogen-bond donors (Lipinski definition) is 0. The van der Waals surface area contributed by atoms with Gasteiger partial charge in [-0.1, -0.05) is 0 Å². The molecule has 2 aliphatic heterocycles. The molecule has 0 N–H and O–H groups in total. The second-order valence-electron chi connectivity index (χ2n) is 5.60. The number of ether oxygens (including phenoxy) is 1. The number of amides is 5. The topological polar surface area (TPSA) is 87.2 Å². The zero-order valence-electron chi connectivity index (χ0n) is 13.2.